The van der Waals surface area contributed by atoms with Crippen LogP contribution in [-0.4, -0.2) is 4.98 Å². The second-order valence-corrected chi connectivity index (χ2v) is 4.88. The van der Waals surface area contributed by atoms with Crippen molar-refractivity contribution >= 4 is 11.3 Å². The standard InChI is InChI=1S/C10H15NS/c1-10(2,3)6-4-5-9-11-7-8-12-9/h4,6-8H,5H2,1-3H3/b6-4+. The second-order valence-electron chi connectivity index (χ2n) is 3.90. The van der Waals surface area contributed by atoms with Crippen LogP contribution in [0.1, 0.15) is 25.8 Å². The van der Waals surface area contributed by atoms with E-state index in [1.54, 1.807) is 11.3 Å². The average molecular weight is 181 g/mol. The van der Waals surface area contributed by atoms with Crippen LogP contribution < -0.4 is 0 Å². The van der Waals surface area contributed by atoms with Crippen molar-refractivity contribution in [3.05, 3.63) is 28.7 Å². The Kier molecular flexibility index (Phi) is 3.04. The van der Waals surface area contributed by atoms with Crippen molar-refractivity contribution in [2.75, 3.05) is 0 Å². The maximum Gasteiger partial charge on any atom is 0.0962 e. The SMILES string of the molecule is CC(C)(C)/C=C/Cc1nccs1. The summed E-state index contributed by atoms with van der Waals surface area (Å²) in [5, 5.41) is 3.20. The monoisotopic (exact) mass is 181 g/mol. The first-order valence-electron chi connectivity index (χ1n) is 4.14. The smallest absolute Gasteiger partial charge is 0.0962 e. The summed E-state index contributed by atoms with van der Waals surface area (Å²) in [4.78, 5) is 4.20. The summed E-state index contributed by atoms with van der Waals surface area (Å²) in [6.45, 7) is 6.60. The lowest BCUT2D eigenvalue weighted by Gasteiger charge is -2.10. The average Bonchev–Trinajstić information content (AvgIpc) is 2.36. The lowest BCUT2D eigenvalue weighted by molar-refractivity contribution is 0.542. The molecular formula is C10H15NS. The molecule has 0 aliphatic heterocycles. The summed E-state index contributed by atoms with van der Waals surface area (Å²) < 4.78 is 0. The summed E-state index contributed by atoms with van der Waals surface area (Å²) in [5.41, 5.74) is 0.289. The molecule has 0 unspecified atom stereocenters. The molecule has 0 radical (unpaired) electrons. The third-order valence-corrected chi connectivity index (χ3v) is 2.20. The van der Waals surface area contributed by atoms with Crippen molar-refractivity contribution in [2.45, 2.75) is 27.2 Å². The third kappa shape index (κ3) is 3.67. The Morgan fingerprint density at radius 3 is 2.75 bits per heavy atom. The highest BCUT2D eigenvalue weighted by atomic mass is 32.1. The van der Waals surface area contributed by atoms with Crippen molar-refractivity contribution in [2.24, 2.45) is 5.41 Å². The quantitative estimate of drug-likeness (QED) is 0.638. The third-order valence-electron chi connectivity index (χ3n) is 1.39. The normalized spacial score (nSPS) is 12.6. The largest absolute Gasteiger partial charge is 0.249 e. The van der Waals surface area contributed by atoms with Gasteiger partial charge < -0.3 is 0 Å². The van der Waals surface area contributed by atoms with E-state index in [0.717, 1.165) is 6.42 Å². The molecule has 0 aliphatic carbocycles. The van der Waals surface area contributed by atoms with Crippen LogP contribution in [0.25, 0.3) is 0 Å². The zero-order valence-electron chi connectivity index (χ0n) is 7.87. The minimum Gasteiger partial charge on any atom is -0.249 e. The molecule has 12 heavy (non-hydrogen) atoms. The van der Waals surface area contributed by atoms with Crippen molar-refractivity contribution in [3.63, 3.8) is 0 Å². The van der Waals surface area contributed by atoms with Crippen LogP contribution in [-0.2, 0) is 6.42 Å². The molecule has 0 bridgehead atoms. The molecule has 0 aromatic carbocycles. The number of allylic oxidation sites excluding steroid dienone is 2. The van der Waals surface area contributed by atoms with Crippen molar-refractivity contribution < 1.29 is 0 Å². The van der Waals surface area contributed by atoms with Gasteiger partial charge in [-0.15, -0.1) is 11.3 Å². The molecule has 0 saturated carbocycles. The maximum atomic E-state index is 4.20. The van der Waals surface area contributed by atoms with Crippen LogP contribution >= 0.6 is 11.3 Å². The van der Waals surface area contributed by atoms with E-state index >= 15 is 0 Å². The lowest BCUT2D eigenvalue weighted by atomic mass is 9.96. The van der Waals surface area contributed by atoms with Gasteiger partial charge in [-0.25, -0.2) is 4.98 Å². The topological polar surface area (TPSA) is 12.9 Å². The fourth-order valence-corrected chi connectivity index (χ4v) is 1.46. The van der Waals surface area contributed by atoms with Gasteiger partial charge in [0.1, 0.15) is 0 Å². The van der Waals surface area contributed by atoms with Crippen LogP contribution in [0.3, 0.4) is 0 Å². The van der Waals surface area contributed by atoms with E-state index in [0.29, 0.717) is 0 Å². The predicted molar refractivity (Wildman–Crippen MR) is 54.4 cm³/mol. The first-order valence-corrected chi connectivity index (χ1v) is 5.02. The van der Waals surface area contributed by atoms with Crippen molar-refractivity contribution in [3.8, 4) is 0 Å². The summed E-state index contributed by atoms with van der Waals surface area (Å²) in [5.74, 6) is 0. The van der Waals surface area contributed by atoms with Gasteiger partial charge in [0.25, 0.3) is 0 Å². The molecule has 0 aliphatic rings. The fraction of sp³-hybridized carbons (Fsp3) is 0.500. The second kappa shape index (κ2) is 3.85. The number of nitrogens with zero attached hydrogens (tertiary/aromatic N) is 1. The van der Waals surface area contributed by atoms with E-state index in [-0.39, 0.29) is 5.41 Å². The fourth-order valence-electron chi connectivity index (χ4n) is 0.867. The Hall–Kier alpha value is -0.630. The summed E-state index contributed by atoms with van der Waals surface area (Å²) >= 11 is 1.71. The minimum atomic E-state index is 0.289. The highest BCUT2D eigenvalue weighted by Crippen LogP contribution is 2.15. The maximum absolute atomic E-state index is 4.20. The Morgan fingerprint density at radius 1 is 1.50 bits per heavy atom. The van der Waals surface area contributed by atoms with E-state index in [1.165, 1.54) is 5.01 Å². The number of rotatable bonds is 2. The zero-order valence-corrected chi connectivity index (χ0v) is 8.69. The molecule has 0 saturated heterocycles. The van der Waals surface area contributed by atoms with Crippen LogP contribution in [0.15, 0.2) is 23.7 Å². The van der Waals surface area contributed by atoms with Gasteiger partial charge in [-0.05, 0) is 5.41 Å². The zero-order chi connectivity index (χ0) is 9.03. The molecule has 0 fully saturated rings. The van der Waals surface area contributed by atoms with Crippen LogP contribution in [0.4, 0.5) is 0 Å². The Morgan fingerprint density at radius 2 is 2.25 bits per heavy atom. The molecule has 66 valence electrons. The summed E-state index contributed by atoms with van der Waals surface area (Å²) in [6, 6.07) is 0. The van der Waals surface area contributed by atoms with Crippen molar-refractivity contribution in [1.29, 1.82) is 0 Å². The molecule has 1 aromatic heterocycles. The number of aromatic nitrogens is 1. The van der Waals surface area contributed by atoms with Gasteiger partial charge in [-0.3, -0.25) is 0 Å². The Labute approximate surface area is 78.2 Å². The van der Waals surface area contributed by atoms with Gasteiger partial charge in [0.05, 0.1) is 5.01 Å². The molecule has 0 atom stereocenters. The first-order chi connectivity index (χ1) is 5.58. The van der Waals surface area contributed by atoms with Gasteiger partial charge >= 0.3 is 0 Å². The minimum absolute atomic E-state index is 0.289. The van der Waals surface area contributed by atoms with Gasteiger partial charge in [0.15, 0.2) is 0 Å². The first kappa shape index (κ1) is 9.46. The molecule has 1 nitrogen and oxygen atoms in total. The van der Waals surface area contributed by atoms with E-state index in [2.05, 4.69) is 37.9 Å². The van der Waals surface area contributed by atoms with E-state index in [9.17, 15) is 0 Å². The van der Waals surface area contributed by atoms with Crippen LogP contribution in [0.5, 0.6) is 0 Å². The van der Waals surface area contributed by atoms with Crippen LogP contribution in [0.2, 0.25) is 0 Å². The molecule has 0 amide bonds. The predicted octanol–water partition coefficient (Wildman–Crippen LogP) is 3.29. The van der Waals surface area contributed by atoms with Gasteiger partial charge in [0.2, 0.25) is 0 Å². The van der Waals surface area contributed by atoms with Gasteiger partial charge in [-0.2, -0.15) is 0 Å². The molecule has 1 rings (SSSR count). The Balaban J connectivity index is 2.41. The highest BCUT2D eigenvalue weighted by Gasteiger charge is 2.02. The molecule has 1 aromatic rings. The number of hydrogen-bond acceptors (Lipinski definition) is 2. The number of hydrogen-bond donors (Lipinski definition) is 0. The van der Waals surface area contributed by atoms with Gasteiger partial charge in [0, 0.05) is 18.0 Å². The molecule has 1 heterocycles. The summed E-state index contributed by atoms with van der Waals surface area (Å²) in [7, 11) is 0. The molecular weight excluding hydrogens is 166 g/mol. The summed E-state index contributed by atoms with van der Waals surface area (Å²) in [6.07, 6.45) is 7.24. The highest BCUT2D eigenvalue weighted by molar-refractivity contribution is 7.09. The van der Waals surface area contributed by atoms with E-state index in [4.69, 9.17) is 0 Å². The van der Waals surface area contributed by atoms with E-state index < -0.39 is 0 Å². The molecule has 2 heteroatoms. The molecule has 0 spiro atoms. The van der Waals surface area contributed by atoms with Gasteiger partial charge in [-0.1, -0.05) is 32.9 Å². The number of thiazole rings is 1. The van der Waals surface area contributed by atoms with Crippen molar-refractivity contribution in [1.82, 2.24) is 4.98 Å². The van der Waals surface area contributed by atoms with Crippen LogP contribution in [0, 0.1) is 5.41 Å². The van der Waals surface area contributed by atoms with E-state index in [1.807, 2.05) is 11.6 Å². The Bertz CT molecular complexity index is 241. The lowest BCUT2D eigenvalue weighted by Crippen LogP contribution is -1.98. The molecule has 0 N–H and O–H groups in total.